The molecule has 10 heteroatoms. The van der Waals surface area contributed by atoms with Crippen LogP contribution >= 0.6 is 11.3 Å². The molecule has 1 fully saturated rings. The van der Waals surface area contributed by atoms with Crippen molar-refractivity contribution in [1.29, 1.82) is 0 Å². The van der Waals surface area contributed by atoms with Crippen molar-refractivity contribution in [2.75, 3.05) is 32.6 Å². The van der Waals surface area contributed by atoms with Crippen LogP contribution in [0.15, 0.2) is 29.8 Å². The maximum atomic E-state index is 13.4. The molecule has 9 nitrogen and oxygen atoms in total. The minimum Gasteiger partial charge on any atom is -0.497 e. The maximum Gasteiger partial charge on any atom is 0.252 e. The number of likely N-dealkylation sites (tertiary alicyclic amines) is 1. The van der Waals surface area contributed by atoms with E-state index in [9.17, 15) is 14.4 Å². The molecule has 3 rings (SSSR count). The molecule has 2 N–H and O–H groups in total. The Hall–Kier alpha value is -3.14. The van der Waals surface area contributed by atoms with Gasteiger partial charge in [0.2, 0.25) is 11.8 Å². The summed E-state index contributed by atoms with van der Waals surface area (Å²) in [5, 5.41) is 8.02. The molecule has 33 heavy (non-hydrogen) atoms. The molecule has 0 radical (unpaired) electrons. The first-order chi connectivity index (χ1) is 15.8. The quantitative estimate of drug-likeness (QED) is 0.609. The predicted octanol–water partition coefficient (Wildman–Crippen LogP) is 2.79. The molecule has 0 aliphatic carbocycles. The molecule has 178 valence electrons. The second kappa shape index (κ2) is 11.1. The van der Waals surface area contributed by atoms with Crippen molar-refractivity contribution in [1.82, 2.24) is 15.2 Å². The fourth-order valence-corrected chi connectivity index (χ4v) is 4.29. The summed E-state index contributed by atoms with van der Waals surface area (Å²) in [6.07, 6.45) is 3.04. The molecule has 0 spiro atoms. The van der Waals surface area contributed by atoms with Gasteiger partial charge in [0, 0.05) is 36.3 Å². The van der Waals surface area contributed by atoms with Crippen LogP contribution in [0.3, 0.4) is 0 Å². The average molecular weight is 475 g/mol. The summed E-state index contributed by atoms with van der Waals surface area (Å²) < 4.78 is 10.5. The van der Waals surface area contributed by atoms with Crippen LogP contribution < -0.4 is 20.1 Å². The van der Waals surface area contributed by atoms with Crippen LogP contribution in [0.5, 0.6) is 11.5 Å². The van der Waals surface area contributed by atoms with E-state index in [1.54, 1.807) is 34.7 Å². The van der Waals surface area contributed by atoms with Gasteiger partial charge in [-0.05, 0) is 30.9 Å². The zero-order valence-corrected chi connectivity index (χ0v) is 20.1. The number of hydrogen-bond acceptors (Lipinski definition) is 7. The van der Waals surface area contributed by atoms with Gasteiger partial charge in [-0.3, -0.25) is 14.4 Å². The van der Waals surface area contributed by atoms with Crippen molar-refractivity contribution in [3.63, 3.8) is 0 Å². The lowest BCUT2D eigenvalue weighted by Gasteiger charge is -2.35. The van der Waals surface area contributed by atoms with Gasteiger partial charge in [0.25, 0.3) is 5.91 Å². The number of aromatic nitrogens is 1. The molecule has 1 aliphatic rings. The van der Waals surface area contributed by atoms with E-state index < -0.39 is 11.9 Å². The number of piperidine rings is 1. The van der Waals surface area contributed by atoms with E-state index >= 15 is 0 Å². The number of thiazole rings is 1. The fraction of sp³-hybridized carbons (Fsp3) is 0.478. The molecular weight excluding hydrogens is 444 g/mol. The zero-order chi connectivity index (χ0) is 24.0. The lowest BCUT2D eigenvalue weighted by Crippen LogP contribution is -2.54. The van der Waals surface area contributed by atoms with Crippen molar-refractivity contribution in [2.24, 2.45) is 11.8 Å². The number of methoxy groups -OCH3 is 2. The van der Waals surface area contributed by atoms with Gasteiger partial charge < -0.3 is 25.0 Å². The molecule has 3 amide bonds. The number of hydrogen-bond donors (Lipinski definition) is 2. The molecule has 0 saturated carbocycles. The lowest BCUT2D eigenvalue weighted by molar-refractivity contribution is -0.137. The minimum atomic E-state index is -0.726. The first-order valence-corrected chi connectivity index (χ1v) is 11.7. The molecule has 1 aliphatic heterocycles. The van der Waals surface area contributed by atoms with Crippen molar-refractivity contribution in [3.05, 3.63) is 35.3 Å². The van der Waals surface area contributed by atoms with E-state index in [4.69, 9.17) is 9.47 Å². The zero-order valence-electron chi connectivity index (χ0n) is 19.3. The SMILES string of the molecule is COc1cc(OC)cc(C(=O)NC(C(=O)N2CCCC(C(=O)Nc3nccs3)C2)C(C)C)c1. The maximum absolute atomic E-state index is 13.4. The lowest BCUT2D eigenvalue weighted by atomic mass is 9.95. The van der Waals surface area contributed by atoms with Crippen molar-refractivity contribution >= 4 is 34.2 Å². The Balaban J connectivity index is 1.69. The van der Waals surface area contributed by atoms with Gasteiger partial charge in [-0.15, -0.1) is 11.3 Å². The number of amides is 3. The summed E-state index contributed by atoms with van der Waals surface area (Å²) in [4.78, 5) is 44.7. The number of nitrogens with zero attached hydrogens (tertiary/aromatic N) is 2. The summed E-state index contributed by atoms with van der Waals surface area (Å²) in [6.45, 7) is 4.62. The Morgan fingerprint density at radius 1 is 1.15 bits per heavy atom. The van der Waals surface area contributed by atoms with Crippen LogP contribution in [0.2, 0.25) is 0 Å². The molecule has 0 bridgehead atoms. The second-order valence-electron chi connectivity index (χ2n) is 8.25. The number of benzene rings is 1. The number of rotatable bonds is 8. The molecular formula is C23H30N4O5S. The van der Waals surface area contributed by atoms with Gasteiger partial charge in [0.1, 0.15) is 17.5 Å². The van der Waals surface area contributed by atoms with Crippen LogP contribution in [-0.4, -0.2) is 61.0 Å². The summed E-state index contributed by atoms with van der Waals surface area (Å²) in [5.74, 6) is -0.226. The number of nitrogens with one attached hydrogen (secondary N) is 2. The number of ether oxygens (including phenoxy) is 2. The summed E-state index contributed by atoms with van der Waals surface area (Å²) >= 11 is 1.35. The highest BCUT2D eigenvalue weighted by Crippen LogP contribution is 2.24. The van der Waals surface area contributed by atoms with Gasteiger partial charge >= 0.3 is 0 Å². The molecule has 1 aromatic heterocycles. The van der Waals surface area contributed by atoms with E-state index in [0.29, 0.717) is 48.1 Å². The summed E-state index contributed by atoms with van der Waals surface area (Å²) in [5.41, 5.74) is 0.337. The van der Waals surface area contributed by atoms with E-state index in [0.717, 1.165) is 0 Å². The van der Waals surface area contributed by atoms with E-state index in [1.807, 2.05) is 13.8 Å². The van der Waals surface area contributed by atoms with Crippen LogP contribution in [0, 0.1) is 11.8 Å². The number of carbonyl (C=O) groups excluding carboxylic acids is 3. The highest BCUT2D eigenvalue weighted by atomic mass is 32.1. The molecule has 1 aromatic carbocycles. The third-order valence-corrected chi connectivity index (χ3v) is 6.29. The van der Waals surface area contributed by atoms with Crippen molar-refractivity contribution in [2.45, 2.75) is 32.7 Å². The predicted molar refractivity (Wildman–Crippen MR) is 126 cm³/mol. The Kier molecular flexibility index (Phi) is 8.26. The van der Waals surface area contributed by atoms with E-state index in [2.05, 4.69) is 15.6 Å². The summed E-state index contributed by atoms with van der Waals surface area (Å²) in [6, 6.07) is 4.14. The molecule has 2 unspecified atom stereocenters. The van der Waals surface area contributed by atoms with Crippen LogP contribution in [0.4, 0.5) is 5.13 Å². The van der Waals surface area contributed by atoms with Crippen molar-refractivity contribution < 1.29 is 23.9 Å². The van der Waals surface area contributed by atoms with Crippen molar-refractivity contribution in [3.8, 4) is 11.5 Å². The third-order valence-electron chi connectivity index (χ3n) is 5.60. The molecule has 2 aromatic rings. The normalized spacial score (nSPS) is 16.8. The van der Waals surface area contributed by atoms with Gasteiger partial charge in [0.15, 0.2) is 5.13 Å². The smallest absolute Gasteiger partial charge is 0.252 e. The van der Waals surface area contributed by atoms with Gasteiger partial charge in [-0.1, -0.05) is 13.8 Å². The second-order valence-corrected chi connectivity index (χ2v) is 9.14. The Morgan fingerprint density at radius 2 is 1.85 bits per heavy atom. The Morgan fingerprint density at radius 3 is 2.42 bits per heavy atom. The highest BCUT2D eigenvalue weighted by molar-refractivity contribution is 7.13. The first-order valence-electron chi connectivity index (χ1n) is 10.9. The van der Waals surface area contributed by atoms with E-state index in [-0.39, 0.29) is 23.7 Å². The van der Waals surface area contributed by atoms with Gasteiger partial charge in [0.05, 0.1) is 20.1 Å². The Labute approximate surface area is 197 Å². The monoisotopic (exact) mass is 474 g/mol. The fourth-order valence-electron chi connectivity index (χ4n) is 3.76. The minimum absolute atomic E-state index is 0.140. The van der Waals surface area contributed by atoms with E-state index in [1.165, 1.54) is 25.6 Å². The molecule has 2 atom stereocenters. The average Bonchev–Trinajstić information content (AvgIpc) is 3.34. The molecule has 1 saturated heterocycles. The highest BCUT2D eigenvalue weighted by Gasteiger charge is 2.34. The summed E-state index contributed by atoms with van der Waals surface area (Å²) in [7, 11) is 3.02. The van der Waals surface area contributed by atoms with Crippen LogP contribution in [0.1, 0.15) is 37.0 Å². The third kappa shape index (κ3) is 6.22. The topological polar surface area (TPSA) is 110 Å². The molecule has 2 heterocycles. The number of carbonyl (C=O) groups is 3. The van der Waals surface area contributed by atoms with Gasteiger partial charge in [-0.25, -0.2) is 4.98 Å². The van der Waals surface area contributed by atoms with Crippen LogP contribution in [-0.2, 0) is 9.59 Å². The largest absolute Gasteiger partial charge is 0.497 e. The first kappa shape index (κ1) is 24.5. The Bertz CT molecular complexity index is 957. The standard InChI is InChI=1S/C23H30N4O5S/c1-14(2)19(25-21(29)16-10-17(31-3)12-18(11-16)32-4)22(30)27-8-5-6-15(13-27)20(28)26-23-24-7-9-33-23/h7,9-12,14-15,19H,5-6,8,13H2,1-4H3,(H,25,29)(H,24,26,28). The van der Waals surface area contributed by atoms with Gasteiger partial charge in [-0.2, -0.15) is 0 Å². The number of anilines is 1. The van der Waals surface area contributed by atoms with Crippen LogP contribution in [0.25, 0.3) is 0 Å².